The number of benzene rings is 2. The molecule has 2 rings (SSSR count). The molecular formula is C16H15BrClNO2. The standard InChI is InChI=1S/C16H15BrClNO2/c1-10-7-14(15(21-2)8-13(10)18)19-16(20)12-5-3-11(9-17)4-6-12/h3-8H,9H2,1-2H3,(H,19,20). The number of amides is 1. The van der Waals surface area contributed by atoms with Crippen molar-refractivity contribution in [2.45, 2.75) is 12.3 Å². The van der Waals surface area contributed by atoms with Crippen LogP contribution in [0.4, 0.5) is 5.69 Å². The van der Waals surface area contributed by atoms with Crippen LogP contribution in [0.3, 0.4) is 0 Å². The first kappa shape index (κ1) is 15.9. The molecule has 0 unspecified atom stereocenters. The Balaban J connectivity index is 2.24. The SMILES string of the molecule is COc1cc(Cl)c(C)cc1NC(=O)c1ccc(CBr)cc1. The molecule has 3 nitrogen and oxygen atoms in total. The van der Waals surface area contributed by atoms with Gasteiger partial charge in [0.1, 0.15) is 5.75 Å². The zero-order valence-corrected chi connectivity index (χ0v) is 14.1. The van der Waals surface area contributed by atoms with Crippen molar-refractivity contribution in [2.75, 3.05) is 12.4 Å². The molecule has 0 aliphatic carbocycles. The van der Waals surface area contributed by atoms with Gasteiger partial charge in [0.05, 0.1) is 12.8 Å². The molecule has 0 atom stereocenters. The highest BCUT2D eigenvalue weighted by Crippen LogP contribution is 2.31. The van der Waals surface area contributed by atoms with Gasteiger partial charge < -0.3 is 10.1 Å². The Morgan fingerprint density at radius 3 is 2.52 bits per heavy atom. The summed E-state index contributed by atoms with van der Waals surface area (Å²) in [5.74, 6) is 0.354. The summed E-state index contributed by atoms with van der Waals surface area (Å²) in [5.41, 5.74) is 3.19. The summed E-state index contributed by atoms with van der Waals surface area (Å²) in [4.78, 5) is 12.3. The van der Waals surface area contributed by atoms with Crippen molar-refractivity contribution in [3.63, 3.8) is 0 Å². The van der Waals surface area contributed by atoms with Crippen LogP contribution in [-0.4, -0.2) is 13.0 Å². The number of methoxy groups -OCH3 is 1. The number of alkyl halides is 1. The predicted octanol–water partition coefficient (Wildman–Crippen LogP) is 4.80. The van der Waals surface area contributed by atoms with E-state index in [0.29, 0.717) is 22.0 Å². The van der Waals surface area contributed by atoms with E-state index in [-0.39, 0.29) is 5.91 Å². The van der Waals surface area contributed by atoms with E-state index in [4.69, 9.17) is 16.3 Å². The molecule has 21 heavy (non-hydrogen) atoms. The average Bonchev–Trinajstić information content (AvgIpc) is 2.50. The van der Waals surface area contributed by atoms with Crippen LogP contribution in [0.2, 0.25) is 5.02 Å². The first-order valence-corrected chi connectivity index (χ1v) is 7.85. The lowest BCUT2D eigenvalue weighted by Gasteiger charge is -2.12. The van der Waals surface area contributed by atoms with Gasteiger partial charge in [0, 0.05) is 22.0 Å². The molecule has 0 saturated carbocycles. The Hall–Kier alpha value is -1.52. The summed E-state index contributed by atoms with van der Waals surface area (Å²) in [5, 5.41) is 4.22. The van der Waals surface area contributed by atoms with E-state index in [9.17, 15) is 4.79 Å². The van der Waals surface area contributed by atoms with Gasteiger partial charge in [0.25, 0.3) is 5.91 Å². The third-order valence-electron chi connectivity index (χ3n) is 3.10. The molecule has 0 bridgehead atoms. The minimum atomic E-state index is -0.184. The minimum absolute atomic E-state index is 0.184. The van der Waals surface area contributed by atoms with Crippen LogP contribution >= 0.6 is 27.5 Å². The van der Waals surface area contributed by atoms with Crippen LogP contribution in [0, 0.1) is 6.92 Å². The van der Waals surface area contributed by atoms with Crippen LogP contribution in [0.25, 0.3) is 0 Å². The number of aryl methyl sites for hydroxylation is 1. The molecule has 1 amide bonds. The van der Waals surface area contributed by atoms with E-state index in [2.05, 4.69) is 21.2 Å². The Morgan fingerprint density at radius 2 is 1.95 bits per heavy atom. The van der Waals surface area contributed by atoms with E-state index in [1.54, 1.807) is 31.4 Å². The second kappa shape index (κ2) is 6.96. The van der Waals surface area contributed by atoms with Crippen molar-refractivity contribution >= 4 is 39.1 Å². The van der Waals surface area contributed by atoms with E-state index >= 15 is 0 Å². The molecule has 0 spiro atoms. The minimum Gasteiger partial charge on any atom is -0.495 e. The molecule has 1 N–H and O–H groups in total. The molecule has 2 aromatic rings. The highest BCUT2D eigenvalue weighted by Gasteiger charge is 2.11. The van der Waals surface area contributed by atoms with Crippen molar-refractivity contribution in [3.8, 4) is 5.75 Å². The topological polar surface area (TPSA) is 38.3 Å². The van der Waals surface area contributed by atoms with E-state index in [1.807, 2.05) is 19.1 Å². The average molecular weight is 369 g/mol. The monoisotopic (exact) mass is 367 g/mol. The molecule has 0 aliphatic rings. The summed E-state index contributed by atoms with van der Waals surface area (Å²) >= 11 is 9.43. The van der Waals surface area contributed by atoms with Crippen molar-refractivity contribution in [2.24, 2.45) is 0 Å². The van der Waals surface area contributed by atoms with E-state index in [0.717, 1.165) is 16.5 Å². The third-order valence-corrected chi connectivity index (χ3v) is 4.15. The fourth-order valence-electron chi connectivity index (χ4n) is 1.87. The number of halogens is 2. The van der Waals surface area contributed by atoms with Crippen molar-refractivity contribution in [1.29, 1.82) is 0 Å². The van der Waals surface area contributed by atoms with Crippen LogP contribution in [0.5, 0.6) is 5.75 Å². The first-order chi connectivity index (χ1) is 10.0. The second-order valence-corrected chi connectivity index (χ2v) is 5.55. The van der Waals surface area contributed by atoms with Gasteiger partial charge in [-0.2, -0.15) is 0 Å². The lowest BCUT2D eigenvalue weighted by Crippen LogP contribution is -2.12. The smallest absolute Gasteiger partial charge is 0.255 e. The molecule has 0 aliphatic heterocycles. The van der Waals surface area contributed by atoms with E-state index in [1.165, 1.54) is 0 Å². The maximum absolute atomic E-state index is 12.3. The lowest BCUT2D eigenvalue weighted by molar-refractivity contribution is 0.102. The van der Waals surface area contributed by atoms with Gasteiger partial charge >= 0.3 is 0 Å². The largest absolute Gasteiger partial charge is 0.495 e. The molecule has 0 radical (unpaired) electrons. The molecule has 110 valence electrons. The number of carbonyl (C=O) groups excluding carboxylic acids is 1. The summed E-state index contributed by atoms with van der Waals surface area (Å²) in [6.07, 6.45) is 0. The van der Waals surface area contributed by atoms with Crippen molar-refractivity contribution in [3.05, 3.63) is 58.1 Å². The lowest BCUT2D eigenvalue weighted by atomic mass is 10.1. The van der Waals surface area contributed by atoms with Gasteiger partial charge in [0.15, 0.2) is 0 Å². The summed E-state index contributed by atoms with van der Waals surface area (Å²) in [7, 11) is 1.54. The normalized spacial score (nSPS) is 10.3. The van der Waals surface area contributed by atoms with Crippen molar-refractivity contribution < 1.29 is 9.53 Å². The van der Waals surface area contributed by atoms with Gasteiger partial charge in [-0.25, -0.2) is 0 Å². The highest BCUT2D eigenvalue weighted by molar-refractivity contribution is 9.08. The van der Waals surface area contributed by atoms with Gasteiger partial charge in [-0.1, -0.05) is 39.7 Å². The molecule has 0 heterocycles. The van der Waals surface area contributed by atoms with Crippen LogP contribution in [0.15, 0.2) is 36.4 Å². The Labute approximate surface area is 137 Å². The van der Waals surface area contributed by atoms with Crippen LogP contribution in [0.1, 0.15) is 21.5 Å². The first-order valence-electron chi connectivity index (χ1n) is 6.35. The third kappa shape index (κ3) is 3.77. The van der Waals surface area contributed by atoms with E-state index < -0.39 is 0 Å². The highest BCUT2D eigenvalue weighted by atomic mass is 79.9. The second-order valence-electron chi connectivity index (χ2n) is 4.59. The molecule has 0 saturated heterocycles. The fourth-order valence-corrected chi connectivity index (χ4v) is 2.40. The molecule has 0 fully saturated rings. The van der Waals surface area contributed by atoms with Crippen LogP contribution in [-0.2, 0) is 5.33 Å². The molecule has 5 heteroatoms. The maximum Gasteiger partial charge on any atom is 0.255 e. The Morgan fingerprint density at radius 1 is 1.29 bits per heavy atom. The maximum atomic E-state index is 12.3. The Kier molecular flexibility index (Phi) is 5.26. The fraction of sp³-hybridized carbons (Fsp3) is 0.188. The molecular weight excluding hydrogens is 354 g/mol. The van der Waals surface area contributed by atoms with Crippen molar-refractivity contribution in [1.82, 2.24) is 0 Å². The number of ether oxygens (including phenoxy) is 1. The quantitative estimate of drug-likeness (QED) is 0.787. The van der Waals surface area contributed by atoms with Gasteiger partial charge in [0.2, 0.25) is 0 Å². The zero-order valence-electron chi connectivity index (χ0n) is 11.7. The molecule has 2 aromatic carbocycles. The number of nitrogens with one attached hydrogen (secondary N) is 1. The van der Waals surface area contributed by atoms with Gasteiger partial charge in [-0.15, -0.1) is 0 Å². The number of rotatable bonds is 4. The summed E-state index contributed by atoms with van der Waals surface area (Å²) in [6.45, 7) is 1.88. The number of anilines is 1. The van der Waals surface area contributed by atoms with Crippen LogP contribution < -0.4 is 10.1 Å². The van der Waals surface area contributed by atoms with Gasteiger partial charge in [-0.3, -0.25) is 4.79 Å². The number of carbonyl (C=O) groups is 1. The zero-order chi connectivity index (χ0) is 15.4. The molecule has 0 aromatic heterocycles. The number of hydrogen-bond acceptors (Lipinski definition) is 2. The van der Waals surface area contributed by atoms with Gasteiger partial charge in [-0.05, 0) is 36.2 Å². The Bertz CT molecular complexity index is 656. The summed E-state index contributed by atoms with van der Waals surface area (Å²) in [6, 6.07) is 10.9. The summed E-state index contributed by atoms with van der Waals surface area (Å²) < 4.78 is 5.25. The predicted molar refractivity (Wildman–Crippen MR) is 89.8 cm³/mol. The number of hydrogen-bond donors (Lipinski definition) is 1.